The van der Waals surface area contributed by atoms with E-state index in [-0.39, 0.29) is 24.6 Å². The molecule has 0 aliphatic rings. The van der Waals surface area contributed by atoms with E-state index in [9.17, 15) is 9.59 Å². The van der Waals surface area contributed by atoms with E-state index in [1.165, 1.54) is 12.1 Å². The molecule has 0 radical (unpaired) electrons. The highest BCUT2D eigenvalue weighted by molar-refractivity contribution is 6.35. The fraction of sp³-hybridized carbons (Fsp3) is 0.207. The van der Waals surface area contributed by atoms with Crippen molar-refractivity contribution in [1.29, 1.82) is 0 Å². The molecule has 0 aliphatic heterocycles. The molecule has 2 N–H and O–H groups in total. The molecule has 4 rings (SSSR count). The molecule has 0 saturated carbocycles. The van der Waals surface area contributed by atoms with E-state index in [0.29, 0.717) is 32.9 Å². The molecule has 4 aromatic rings. The van der Waals surface area contributed by atoms with Crippen molar-refractivity contribution in [3.8, 4) is 16.9 Å². The van der Waals surface area contributed by atoms with Crippen LogP contribution in [-0.2, 0) is 22.7 Å². The van der Waals surface area contributed by atoms with Gasteiger partial charge in [0.05, 0.1) is 34.3 Å². The first kappa shape index (κ1) is 28.6. The number of halogens is 3. The fourth-order valence-electron chi connectivity index (χ4n) is 4.08. The van der Waals surface area contributed by atoms with Gasteiger partial charge in [0.2, 0.25) is 5.91 Å². The van der Waals surface area contributed by atoms with E-state index in [1.54, 1.807) is 47.1 Å². The summed E-state index contributed by atoms with van der Waals surface area (Å²) in [5.74, 6) is -1.27. The highest BCUT2D eigenvalue weighted by Gasteiger charge is 2.22. The van der Waals surface area contributed by atoms with Gasteiger partial charge < -0.3 is 15.2 Å². The SMILES string of the molecule is CCC(OCc1nn(-c2ccc(Cl)cc2Cl)c(-c2ccc(Cl)cc2)c1C)C(=O)NCc1ccc(C(=O)O)cc1. The van der Waals surface area contributed by atoms with Crippen molar-refractivity contribution in [2.75, 3.05) is 0 Å². The number of aromatic carboxylic acids is 1. The van der Waals surface area contributed by atoms with Crippen LogP contribution in [0.25, 0.3) is 16.9 Å². The molecule has 0 aliphatic carbocycles. The summed E-state index contributed by atoms with van der Waals surface area (Å²) in [6.07, 6.45) is -0.248. The van der Waals surface area contributed by atoms with Gasteiger partial charge in [-0.25, -0.2) is 9.48 Å². The van der Waals surface area contributed by atoms with Gasteiger partial charge in [-0.3, -0.25) is 4.79 Å². The van der Waals surface area contributed by atoms with Crippen molar-refractivity contribution < 1.29 is 19.4 Å². The van der Waals surface area contributed by atoms with E-state index >= 15 is 0 Å². The maximum atomic E-state index is 12.9. The molecule has 0 fully saturated rings. The number of aromatic nitrogens is 2. The summed E-state index contributed by atoms with van der Waals surface area (Å²) in [7, 11) is 0. The van der Waals surface area contributed by atoms with Crippen LogP contribution >= 0.6 is 34.8 Å². The smallest absolute Gasteiger partial charge is 0.335 e. The zero-order valence-corrected chi connectivity index (χ0v) is 23.5. The first-order valence-corrected chi connectivity index (χ1v) is 13.3. The van der Waals surface area contributed by atoms with Crippen molar-refractivity contribution in [2.24, 2.45) is 0 Å². The predicted octanol–water partition coefficient (Wildman–Crippen LogP) is 7.12. The van der Waals surface area contributed by atoms with Gasteiger partial charge in [0.1, 0.15) is 6.10 Å². The van der Waals surface area contributed by atoms with Gasteiger partial charge in [-0.1, -0.05) is 66.0 Å². The Bertz CT molecular complexity index is 1490. The molecule has 1 unspecified atom stereocenters. The van der Waals surface area contributed by atoms with E-state index in [4.69, 9.17) is 49.7 Å². The average molecular weight is 587 g/mol. The zero-order valence-electron chi connectivity index (χ0n) is 21.2. The normalized spacial score (nSPS) is 11.8. The summed E-state index contributed by atoms with van der Waals surface area (Å²) in [4.78, 5) is 23.9. The number of hydrogen-bond donors (Lipinski definition) is 2. The molecule has 1 atom stereocenters. The first-order valence-electron chi connectivity index (χ1n) is 12.2. The van der Waals surface area contributed by atoms with Gasteiger partial charge in [-0.15, -0.1) is 0 Å². The third-order valence-electron chi connectivity index (χ3n) is 6.23. The number of carbonyl (C=O) groups excluding carboxylic acids is 1. The van der Waals surface area contributed by atoms with Gasteiger partial charge in [0.15, 0.2) is 0 Å². The van der Waals surface area contributed by atoms with E-state index in [1.807, 2.05) is 26.0 Å². The fourth-order valence-corrected chi connectivity index (χ4v) is 4.69. The minimum Gasteiger partial charge on any atom is -0.478 e. The summed E-state index contributed by atoms with van der Waals surface area (Å²) in [5, 5.41) is 18.3. The van der Waals surface area contributed by atoms with Crippen molar-refractivity contribution in [2.45, 2.75) is 39.5 Å². The number of amides is 1. The topological polar surface area (TPSA) is 93.5 Å². The molecule has 202 valence electrons. The summed E-state index contributed by atoms with van der Waals surface area (Å²) in [5.41, 5.74) is 4.85. The Morgan fingerprint density at radius 2 is 1.67 bits per heavy atom. The molecular formula is C29H26Cl3N3O4. The molecule has 3 aromatic carbocycles. The Balaban J connectivity index is 1.54. The van der Waals surface area contributed by atoms with Crippen molar-refractivity contribution >= 4 is 46.7 Å². The van der Waals surface area contributed by atoms with E-state index in [2.05, 4.69) is 5.32 Å². The number of hydrogen-bond acceptors (Lipinski definition) is 4. The lowest BCUT2D eigenvalue weighted by atomic mass is 10.1. The lowest BCUT2D eigenvalue weighted by Crippen LogP contribution is -2.35. The minimum absolute atomic E-state index is 0.101. The van der Waals surface area contributed by atoms with Gasteiger partial charge in [0.25, 0.3) is 0 Å². The molecule has 10 heteroatoms. The van der Waals surface area contributed by atoms with Gasteiger partial charge >= 0.3 is 5.97 Å². The molecule has 1 heterocycles. The summed E-state index contributed by atoms with van der Waals surface area (Å²) in [6, 6.07) is 19.0. The Labute approximate surface area is 241 Å². The number of carboxylic acids is 1. The monoisotopic (exact) mass is 585 g/mol. The zero-order chi connectivity index (χ0) is 28.1. The number of nitrogens with one attached hydrogen (secondary N) is 1. The average Bonchev–Trinajstić information content (AvgIpc) is 3.24. The highest BCUT2D eigenvalue weighted by atomic mass is 35.5. The molecule has 0 spiro atoms. The number of carbonyl (C=O) groups is 2. The summed E-state index contributed by atoms with van der Waals surface area (Å²) in [6.45, 7) is 4.16. The van der Waals surface area contributed by atoms with Crippen LogP contribution in [0.4, 0.5) is 0 Å². The third kappa shape index (κ3) is 6.81. The number of rotatable bonds is 10. The Morgan fingerprint density at radius 1 is 1.00 bits per heavy atom. The van der Waals surface area contributed by atoms with Crippen LogP contribution in [0.3, 0.4) is 0 Å². The standard InChI is InChI=1S/C29H26Cl3N3O4/c1-3-26(28(36)33-15-18-4-6-20(7-5-18)29(37)38)39-16-24-17(2)27(19-8-10-21(30)11-9-19)35(34-24)25-13-12-22(31)14-23(25)32/h4-14,26H,3,15-16H2,1-2H3,(H,33,36)(H,37,38). The van der Waals surface area contributed by atoms with Crippen LogP contribution in [0.5, 0.6) is 0 Å². The van der Waals surface area contributed by atoms with Gasteiger partial charge in [-0.05, 0) is 61.4 Å². The van der Waals surface area contributed by atoms with Gasteiger partial charge in [-0.2, -0.15) is 5.10 Å². The Morgan fingerprint density at radius 3 is 2.28 bits per heavy atom. The third-order valence-corrected chi connectivity index (χ3v) is 7.02. The number of ether oxygens (including phenoxy) is 1. The van der Waals surface area contributed by atoms with Crippen LogP contribution in [0.1, 0.15) is 40.5 Å². The lowest BCUT2D eigenvalue weighted by Gasteiger charge is -2.16. The Hall–Kier alpha value is -3.36. The predicted molar refractivity (Wildman–Crippen MR) is 153 cm³/mol. The Kier molecular flexibility index (Phi) is 9.30. The quantitative estimate of drug-likeness (QED) is 0.206. The van der Waals surface area contributed by atoms with Crippen molar-refractivity contribution in [1.82, 2.24) is 15.1 Å². The van der Waals surface area contributed by atoms with Gasteiger partial charge in [0, 0.05) is 27.7 Å². The summed E-state index contributed by atoms with van der Waals surface area (Å²) < 4.78 is 7.77. The van der Waals surface area contributed by atoms with Crippen LogP contribution in [-0.4, -0.2) is 32.9 Å². The molecule has 39 heavy (non-hydrogen) atoms. The maximum absolute atomic E-state index is 12.9. The number of nitrogens with zero attached hydrogens (tertiary/aromatic N) is 2. The molecule has 7 nitrogen and oxygen atoms in total. The maximum Gasteiger partial charge on any atom is 0.335 e. The van der Waals surface area contributed by atoms with E-state index < -0.39 is 12.1 Å². The van der Waals surface area contributed by atoms with Crippen LogP contribution < -0.4 is 5.32 Å². The summed E-state index contributed by atoms with van der Waals surface area (Å²) >= 11 is 18.8. The largest absolute Gasteiger partial charge is 0.478 e. The number of benzene rings is 3. The molecule has 0 saturated heterocycles. The van der Waals surface area contributed by atoms with E-state index in [0.717, 1.165) is 22.4 Å². The van der Waals surface area contributed by atoms with Crippen LogP contribution in [0, 0.1) is 6.92 Å². The van der Waals surface area contributed by atoms with Crippen LogP contribution in [0.15, 0.2) is 66.7 Å². The molecule has 1 amide bonds. The second-order valence-corrected chi connectivity index (χ2v) is 10.1. The molecule has 1 aromatic heterocycles. The second-order valence-electron chi connectivity index (χ2n) is 8.86. The minimum atomic E-state index is -1.000. The lowest BCUT2D eigenvalue weighted by molar-refractivity contribution is -0.134. The molecular weight excluding hydrogens is 561 g/mol. The first-order chi connectivity index (χ1) is 18.7. The van der Waals surface area contributed by atoms with Crippen molar-refractivity contribution in [3.63, 3.8) is 0 Å². The second kappa shape index (κ2) is 12.7. The highest BCUT2D eigenvalue weighted by Crippen LogP contribution is 2.33. The van der Waals surface area contributed by atoms with Crippen LogP contribution in [0.2, 0.25) is 15.1 Å². The number of carboxylic acid groups (broad SMARTS) is 1. The molecule has 0 bridgehead atoms. The van der Waals surface area contributed by atoms with Crippen molar-refractivity contribution in [3.05, 3.63) is 104 Å².